The zero-order valence-electron chi connectivity index (χ0n) is 8.92. The van der Waals surface area contributed by atoms with Gasteiger partial charge in [0.25, 0.3) is 0 Å². The van der Waals surface area contributed by atoms with Crippen molar-refractivity contribution < 1.29 is 4.42 Å². The Kier molecular flexibility index (Phi) is 1.98. The second-order valence-corrected chi connectivity index (χ2v) is 3.74. The second kappa shape index (κ2) is 3.48. The van der Waals surface area contributed by atoms with E-state index in [0.29, 0.717) is 11.6 Å². The van der Waals surface area contributed by atoms with Crippen molar-refractivity contribution in [2.24, 2.45) is 0 Å². The minimum Gasteiger partial charge on any atom is -0.443 e. The monoisotopic (exact) mass is 226 g/mol. The number of aromatic nitrogens is 2. The molecule has 0 fully saturated rings. The van der Waals surface area contributed by atoms with Gasteiger partial charge in [-0.25, -0.2) is 9.97 Å². The Morgan fingerprint density at radius 1 is 0.941 bits per heavy atom. The van der Waals surface area contributed by atoms with Gasteiger partial charge >= 0.3 is 0 Å². The van der Waals surface area contributed by atoms with Crippen LogP contribution < -0.4 is 11.5 Å². The summed E-state index contributed by atoms with van der Waals surface area (Å²) in [4.78, 5) is 8.04. The van der Waals surface area contributed by atoms with Crippen LogP contribution in [-0.2, 0) is 0 Å². The van der Waals surface area contributed by atoms with Crippen LogP contribution >= 0.6 is 0 Å². The summed E-state index contributed by atoms with van der Waals surface area (Å²) in [5.41, 5.74) is 14.8. The lowest BCUT2D eigenvalue weighted by molar-refractivity contribution is 0.602. The summed E-state index contributed by atoms with van der Waals surface area (Å²) in [5, 5.41) is 0. The number of fused-ring (bicyclic) bond motifs is 1. The molecule has 5 nitrogen and oxygen atoms in total. The van der Waals surface area contributed by atoms with Gasteiger partial charge in [0, 0.05) is 0 Å². The van der Waals surface area contributed by atoms with Crippen molar-refractivity contribution in [2.45, 2.75) is 0 Å². The molecular formula is C12H10N4O. The van der Waals surface area contributed by atoms with Gasteiger partial charge < -0.3 is 15.9 Å². The topological polar surface area (TPSA) is 91.0 Å². The number of nitrogen functional groups attached to an aromatic ring is 2. The molecule has 2 heterocycles. The van der Waals surface area contributed by atoms with Gasteiger partial charge in [-0.1, -0.05) is 6.07 Å². The molecule has 84 valence electrons. The summed E-state index contributed by atoms with van der Waals surface area (Å²) >= 11 is 0. The van der Waals surface area contributed by atoms with E-state index in [-0.39, 0.29) is 0 Å². The standard InChI is InChI=1S/C12H10N4O/c13-11-4-8(5-12(14)16-11)7-1-2-10-9(3-7)15-6-17-10/h1-6H,(H4,13,14,16). The highest BCUT2D eigenvalue weighted by Crippen LogP contribution is 2.25. The quantitative estimate of drug-likeness (QED) is 0.662. The molecule has 0 aliphatic heterocycles. The predicted molar refractivity (Wildman–Crippen MR) is 66.1 cm³/mol. The normalized spacial score (nSPS) is 10.8. The number of hydrogen-bond donors (Lipinski definition) is 2. The van der Waals surface area contributed by atoms with Gasteiger partial charge in [0.15, 0.2) is 12.0 Å². The molecule has 0 saturated heterocycles. The number of rotatable bonds is 1. The van der Waals surface area contributed by atoms with Crippen LogP contribution in [0, 0.1) is 0 Å². The first-order valence-electron chi connectivity index (χ1n) is 5.09. The van der Waals surface area contributed by atoms with E-state index >= 15 is 0 Å². The molecule has 4 N–H and O–H groups in total. The van der Waals surface area contributed by atoms with Gasteiger partial charge in [0.05, 0.1) is 0 Å². The zero-order valence-corrected chi connectivity index (χ0v) is 8.92. The average molecular weight is 226 g/mol. The number of pyridine rings is 1. The van der Waals surface area contributed by atoms with Crippen molar-refractivity contribution in [1.29, 1.82) is 0 Å². The smallest absolute Gasteiger partial charge is 0.181 e. The summed E-state index contributed by atoms with van der Waals surface area (Å²) in [6.07, 6.45) is 1.42. The van der Waals surface area contributed by atoms with Crippen LogP contribution in [-0.4, -0.2) is 9.97 Å². The molecular weight excluding hydrogens is 216 g/mol. The Hall–Kier alpha value is -2.56. The molecule has 5 heteroatoms. The zero-order chi connectivity index (χ0) is 11.8. The summed E-state index contributed by atoms with van der Waals surface area (Å²) in [6, 6.07) is 9.27. The molecule has 0 spiro atoms. The lowest BCUT2D eigenvalue weighted by Crippen LogP contribution is -1.96. The summed E-state index contributed by atoms with van der Waals surface area (Å²) in [6.45, 7) is 0. The minimum atomic E-state index is 0.403. The van der Waals surface area contributed by atoms with Crippen molar-refractivity contribution in [3.8, 4) is 11.1 Å². The van der Waals surface area contributed by atoms with Crippen molar-refractivity contribution in [2.75, 3.05) is 11.5 Å². The molecule has 17 heavy (non-hydrogen) atoms. The lowest BCUT2D eigenvalue weighted by Gasteiger charge is -2.03. The van der Waals surface area contributed by atoms with Crippen molar-refractivity contribution >= 4 is 22.7 Å². The SMILES string of the molecule is Nc1cc(-c2ccc3ocnc3c2)cc(N)n1. The molecule has 2 aromatic heterocycles. The molecule has 0 aliphatic carbocycles. The highest BCUT2D eigenvalue weighted by molar-refractivity contribution is 5.81. The molecule has 3 rings (SSSR count). The molecule has 0 aliphatic rings. The Balaban J connectivity index is 2.19. The average Bonchev–Trinajstić information content (AvgIpc) is 2.74. The highest BCUT2D eigenvalue weighted by Gasteiger charge is 2.04. The molecule has 3 aromatic rings. The maximum absolute atomic E-state index is 5.66. The molecule has 0 atom stereocenters. The van der Waals surface area contributed by atoms with Gasteiger partial charge in [-0.3, -0.25) is 0 Å². The molecule has 1 aromatic carbocycles. The van der Waals surface area contributed by atoms with Gasteiger partial charge in [-0.15, -0.1) is 0 Å². The number of nitrogens with two attached hydrogens (primary N) is 2. The van der Waals surface area contributed by atoms with Gasteiger partial charge in [-0.2, -0.15) is 0 Å². The van der Waals surface area contributed by atoms with E-state index in [4.69, 9.17) is 15.9 Å². The van der Waals surface area contributed by atoms with Crippen LogP contribution in [0.4, 0.5) is 11.6 Å². The number of hydrogen-bond acceptors (Lipinski definition) is 5. The van der Waals surface area contributed by atoms with Crippen LogP contribution in [0.3, 0.4) is 0 Å². The van der Waals surface area contributed by atoms with Crippen molar-refractivity contribution in [3.05, 3.63) is 36.7 Å². The maximum Gasteiger partial charge on any atom is 0.181 e. The third kappa shape index (κ3) is 1.67. The largest absolute Gasteiger partial charge is 0.443 e. The van der Waals surface area contributed by atoms with Crippen molar-refractivity contribution in [3.63, 3.8) is 0 Å². The summed E-state index contributed by atoms with van der Waals surface area (Å²) in [7, 11) is 0. The van der Waals surface area contributed by atoms with E-state index in [1.807, 2.05) is 18.2 Å². The first-order valence-corrected chi connectivity index (χ1v) is 5.09. The van der Waals surface area contributed by atoms with Gasteiger partial charge in [0.1, 0.15) is 17.2 Å². The Morgan fingerprint density at radius 3 is 2.47 bits per heavy atom. The third-order valence-electron chi connectivity index (χ3n) is 2.53. The second-order valence-electron chi connectivity index (χ2n) is 3.74. The first kappa shape index (κ1) is 9.65. The Labute approximate surface area is 97.1 Å². The molecule has 0 radical (unpaired) electrons. The highest BCUT2D eigenvalue weighted by atomic mass is 16.3. The molecule has 0 amide bonds. The number of benzene rings is 1. The fourth-order valence-electron chi connectivity index (χ4n) is 1.78. The van der Waals surface area contributed by atoms with E-state index in [9.17, 15) is 0 Å². The number of oxazole rings is 1. The molecule has 0 bridgehead atoms. The van der Waals surface area contributed by atoms with Crippen LogP contribution in [0.15, 0.2) is 41.1 Å². The predicted octanol–water partition coefficient (Wildman–Crippen LogP) is 2.05. The van der Waals surface area contributed by atoms with E-state index < -0.39 is 0 Å². The third-order valence-corrected chi connectivity index (χ3v) is 2.53. The van der Waals surface area contributed by atoms with E-state index in [0.717, 1.165) is 22.2 Å². The van der Waals surface area contributed by atoms with E-state index in [2.05, 4.69) is 9.97 Å². The Morgan fingerprint density at radius 2 is 1.71 bits per heavy atom. The summed E-state index contributed by atoms with van der Waals surface area (Å²) < 4.78 is 5.18. The van der Waals surface area contributed by atoms with Gasteiger partial charge in [-0.05, 0) is 35.4 Å². The lowest BCUT2D eigenvalue weighted by atomic mass is 10.1. The van der Waals surface area contributed by atoms with Crippen LogP contribution in [0.2, 0.25) is 0 Å². The fraction of sp³-hybridized carbons (Fsp3) is 0. The number of nitrogens with zero attached hydrogens (tertiary/aromatic N) is 2. The Bertz CT molecular complexity index is 670. The van der Waals surface area contributed by atoms with E-state index in [1.165, 1.54) is 6.39 Å². The maximum atomic E-state index is 5.66. The van der Waals surface area contributed by atoms with Gasteiger partial charge in [0.2, 0.25) is 0 Å². The first-order chi connectivity index (χ1) is 8.22. The molecule has 0 saturated carbocycles. The van der Waals surface area contributed by atoms with Crippen LogP contribution in [0.5, 0.6) is 0 Å². The molecule has 0 unspecified atom stereocenters. The fourth-order valence-corrected chi connectivity index (χ4v) is 1.78. The van der Waals surface area contributed by atoms with Crippen molar-refractivity contribution in [1.82, 2.24) is 9.97 Å². The van der Waals surface area contributed by atoms with E-state index in [1.54, 1.807) is 12.1 Å². The number of anilines is 2. The minimum absolute atomic E-state index is 0.403. The summed E-state index contributed by atoms with van der Waals surface area (Å²) in [5.74, 6) is 0.806. The van der Waals surface area contributed by atoms with Crippen LogP contribution in [0.25, 0.3) is 22.2 Å². The van der Waals surface area contributed by atoms with Crippen LogP contribution in [0.1, 0.15) is 0 Å².